The average molecular weight is 257 g/mol. The van der Waals surface area contributed by atoms with E-state index < -0.39 is 0 Å². The molecule has 2 atom stereocenters. The van der Waals surface area contributed by atoms with Gasteiger partial charge in [0.1, 0.15) is 5.75 Å². The maximum Gasteiger partial charge on any atom is 0.131 e. The Morgan fingerprint density at radius 1 is 1.11 bits per heavy atom. The second kappa shape index (κ2) is 6.07. The molecule has 0 aromatic heterocycles. The maximum atomic E-state index is 6.08. The van der Waals surface area contributed by atoms with Crippen LogP contribution in [0.3, 0.4) is 0 Å². The molecule has 19 heavy (non-hydrogen) atoms. The number of benzene rings is 2. The van der Waals surface area contributed by atoms with E-state index in [1.54, 1.807) is 0 Å². The molecular formula is C17H23NO. The Hall–Kier alpha value is -1.54. The molecule has 0 radical (unpaired) electrons. The first-order chi connectivity index (χ1) is 9.13. The van der Waals surface area contributed by atoms with Crippen molar-refractivity contribution >= 4 is 10.8 Å². The van der Waals surface area contributed by atoms with Crippen molar-refractivity contribution in [3.8, 4) is 5.75 Å². The molecule has 0 heterocycles. The fourth-order valence-electron chi connectivity index (χ4n) is 2.12. The summed E-state index contributed by atoms with van der Waals surface area (Å²) >= 11 is 0. The molecule has 2 heteroatoms. The second-order valence-electron chi connectivity index (χ2n) is 5.32. The SMILES string of the molecule is CCC(C)COc1c([C@@H](C)N)ccc2ccccc12. The van der Waals surface area contributed by atoms with Gasteiger partial charge in [0, 0.05) is 17.0 Å². The molecule has 0 aliphatic rings. The predicted octanol–water partition coefficient (Wildman–Crippen LogP) is 4.28. The van der Waals surface area contributed by atoms with Gasteiger partial charge in [-0.3, -0.25) is 0 Å². The molecule has 0 spiro atoms. The van der Waals surface area contributed by atoms with Crippen LogP contribution in [0.5, 0.6) is 5.75 Å². The molecule has 2 rings (SSSR count). The van der Waals surface area contributed by atoms with Gasteiger partial charge in [-0.15, -0.1) is 0 Å². The van der Waals surface area contributed by atoms with Crippen LogP contribution < -0.4 is 10.5 Å². The monoisotopic (exact) mass is 257 g/mol. The Morgan fingerprint density at radius 3 is 2.53 bits per heavy atom. The van der Waals surface area contributed by atoms with E-state index in [-0.39, 0.29) is 6.04 Å². The zero-order chi connectivity index (χ0) is 13.8. The highest BCUT2D eigenvalue weighted by molar-refractivity contribution is 5.89. The molecule has 102 valence electrons. The van der Waals surface area contributed by atoms with Gasteiger partial charge < -0.3 is 10.5 Å². The van der Waals surface area contributed by atoms with Crippen LogP contribution in [0, 0.1) is 5.92 Å². The van der Waals surface area contributed by atoms with Gasteiger partial charge >= 0.3 is 0 Å². The fraction of sp³-hybridized carbons (Fsp3) is 0.412. The van der Waals surface area contributed by atoms with Gasteiger partial charge in [-0.2, -0.15) is 0 Å². The van der Waals surface area contributed by atoms with Crippen LogP contribution in [0.1, 0.15) is 38.8 Å². The van der Waals surface area contributed by atoms with Crippen LogP contribution in [0.2, 0.25) is 0 Å². The molecule has 0 aliphatic heterocycles. The standard InChI is InChI=1S/C17H23NO/c1-4-12(2)11-19-17-15(13(3)18)10-9-14-7-5-6-8-16(14)17/h5-10,12-13H,4,11,18H2,1-3H3/t12?,13-/m1/s1. The van der Waals surface area contributed by atoms with Crippen molar-refractivity contribution in [1.82, 2.24) is 0 Å². The number of hydrogen-bond acceptors (Lipinski definition) is 2. The first-order valence-corrected chi connectivity index (χ1v) is 7.03. The molecule has 2 N–H and O–H groups in total. The van der Waals surface area contributed by atoms with Gasteiger partial charge in [0.2, 0.25) is 0 Å². The van der Waals surface area contributed by atoms with E-state index in [1.165, 1.54) is 5.39 Å². The van der Waals surface area contributed by atoms with Crippen molar-refractivity contribution in [1.29, 1.82) is 0 Å². The maximum absolute atomic E-state index is 6.08. The summed E-state index contributed by atoms with van der Waals surface area (Å²) in [6.45, 7) is 7.13. The summed E-state index contributed by atoms with van der Waals surface area (Å²) in [7, 11) is 0. The smallest absolute Gasteiger partial charge is 0.131 e. The van der Waals surface area contributed by atoms with Crippen LogP contribution >= 0.6 is 0 Å². The van der Waals surface area contributed by atoms with E-state index in [1.807, 2.05) is 19.1 Å². The van der Waals surface area contributed by atoms with E-state index in [4.69, 9.17) is 10.5 Å². The Labute approximate surface area is 115 Å². The van der Waals surface area contributed by atoms with Gasteiger partial charge in [-0.1, -0.05) is 56.7 Å². The van der Waals surface area contributed by atoms with E-state index in [2.05, 4.69) is 38.1 Å². The van der Waals surface area contributed by atoms with E-state index in [0.29, 0.717) is 5.92 Å². The molecular weight excluding hydrogens is 234 g/mol. The predicted molar refractivity (Wildman–Crippen MR) is 81.5 cm³/mol. The number of hydrogen-bond donors (Lipinski definition) is 1. The van der Waals surface area contributed by atoms with Crippen molar-refractivity contribution < 1.29 is 4.74 Å². The van der Waals surface area contributed by atoms with Crippen molar-refractivity contribution in [2.75, 3.05) is 6.61 Å². The fourth-order valence-corrected chi connectivity index (χ4v) is 2.12. The minimum absolute atomic E-state index is 0.0171. The van der Waals surface area contributed by atoms with E-state index in [9.17, 15) is 0 Å². The highest BCUT2D eigenvalue weighted by Crippen LogP contribution is 2.33. The van der Waals surface area contributed by atoms with Crippen molar-refractivity contribution in [2.45, 2.75) is 33.2 Å². The van der Waals surface area contributed by atoms with Gasteiger partial charge in [0.05, 0.1) is 6.61 Å². The van der Waals surface area contributed by atoms with Crippen LogP contribution in [0.25, 0.3) is 10.8 Å². The Kier molecular flexibility index (Phi) is 4.43. The topological polar surface area (TPSA) is 35.2 Å². The molecule has 0 amide bonds. The average Bonchev–Trinajstić information content (AvgIpc) is 2.43. The molecule has 0 saturated carbocycles. The summed E-state index contributed by atoms with van der Waals surface area (Å²) in [4.78, 5) is 0. The zero-order valence-corrected chi connectivity index (χ0v) is 12.0. The minimum atomic E-state index is -0.0171. The van der Waals surface area contributed by atoms with Crippen LogP contribution in [-0.2, 0) is 0 Å². The van der Waals surface area contributed by atoms with Gasteiger partial charge in [-0.05, 0) is 18.2 Å². The molecule has 0 saturated heterocycles. The summed E-state index contributed by atoms with van der Waals surface area (Å²) in [5, 5.41) is 2.35. The Balaban J connectivity index is 2.43. The lowest BCUT2D eigenvalue weighted by Gasteiger charge is -2.18. The summed E-state index contributed by atoms with van der Waals surface area (Å²) < 4.78 is 6.08. The summed E-state index contributed by atoms with van der Waals surface area (Å²) in [6, 6.07) is 12.5. The third-order valence-electron chi connectivity index (χ3n) is 3.61. The molecule has 0 aliphatic carbocycles. The summed E-state index contributed by atoms with van der Waals surface area (Å²) in [6.07, 6.45) is 1.12. The van der Waals surface area contributed by atoms with Gasteiger partial charge in [0.15, 0.2) is 0 Å². The quantitative estimate of drug-likeness (QED) is 0.867. The summed E-state index contributed by atoms with van der Waals surface area (Å²) in [5.74, 6) is 1.51. The Morgan fingerprint density at radius 2 is 1.84 bits per heavy atom. The third-order valence-corrected chi connectivity index (χ3v) is 3.61. The van der Waals surface area contributed by atoms with Gasteiger partial charge in [-0.25, -0.2) is 0 Å². The van der Waals surface area contributed by atoms with E-state index in [0.717, 1.165) is 29.7 Å². The molecule has 0 fully saturated rings. The van der Waals surface area contributed by atoms with Crippen LogP contribution in [-0.4, -0.2) is 6.61 Å². The second-order valence-corrected chi connectivity index (χ2v) is 5.32. The molecule has 2 aromatic carbocycles. The van der Waals surface area contributed by atoms with E-state index >= 15 is 0 Å². The largest absolute Gasteiger partial charge is 0.492 e. The third kappa shape index (κ3) is 3.07. The lowest BCUT2D eigenvalue weighted by Crippen LogP contribution is -2.12. The Bertz CT molecular complexity index is 548. The highest BCUT2D eigenvalue weighted by atomic mass is 16.5. The zero-order valence-electron chi connectivity index (χ0n) is 12.0. The summed E-state index contributed by atoms with van der Waals surface area (Å²) in [5.41, 5.74) is 7.15. The normalized spacial score (nSPS) is 14.3. The molecule has 1 unspecified atom stereocenters. The van der Waals surface area contributed by atoms with Crippen LogP contribution in [0.15, 0.2) is 36.4 Å². The number of rotatable bonds is 5. The lowest BCUT2D eigenvalue weighted by atomic mass is 10.0. The molecule has 2 nitrogen and oxygen atoms in total. The lowest BCUT2D eigenvalue weighted by molar-refractivity contribution is 0.256. The first kappa shape index (κ1) is 13.9. The molecule has 0 bridgehead atoms. The minimum Gasteiger partial charge on any atom is -0.492 e. The first-order valence-electron chi connectivity index (χ1n) is 7.03. The van der Waals surface area contributed by atoms with Crippen LogP contribution in [0.4, 0.5) is 0 Å². The molecule has 2 aromatic rings. The van der Waals surface area contributed by atoms with Gasteiger partial charge in [0.25, 0.3) is 0 Å². The number of fused-ring (bicyclic) bond motifs is 1. The number of ether oxygens (including phenoxy) is 1. The van der Waals surface area contributed by atoms with Crippen molar-refractivity contribution in [3.05, 3.63) is 42.0 Å². The van der Waals surface area contributed by atoms with Crippen molar-refractivity contribution in [2.24, 2.45) is 11.7 Å². The number of nitrogens with two attached hydrogens (primary N) is 1. The van der Waals surface area contributed by atoms with Crippen molar-refractivity contribution in [3.63, 3.8) is 0 Å². The highest BCUT2D eigenvalue weighted by Gasteiger charge is 2.13.